The Bertz CT molecular complexity index is 274. The third-order valence-electron chi connectivity index (χ3n) is 4.33. The Hall–Kier alpha value is -0.450. The maximum absolute atomic E-state index is 12.3. The first-order valence-corrected chi connectivity index (χ1v) is 6.73. The van der Waals surface area contributed by atoms with Gasteiger partial charge in [0.1, 0.15) is 5.78 Å². The van der Waals surface area contributed by atoms with Gasteiger partial charge in [-0.2, -0.15) is 0 Å². The Kier molecular flexibility index (Phi) is 4.17. The number of carbonyl (C=O) groups is 1. The molecule has 0 aromatic carbocycles. The van der Waals surface area contributed by atoms with E-state index in [0.717, 1.165) is 25.7 Å². The Morgan fingerprint density at radius 1 is 1.00 bits per heavy atom. The fourth-order valence-electron chi connectivity index (χ4n) is 3.16. The molecule has 0 unspecified atom stereocenters. The van der Waals surface area contributed by atoms with Crippen LogP contribution in [0.25, 0.3) is 0 Å². The van der Waals surface area contributed by atoms with Crippen molar-refractivity contribution >= 4 is 5.78 Å². The molecule has 4 heteroatoms. The van der Waals surface area contributed by atoms with Crippen molar-refractivity contribution in [1.29, 1.82) is 0 Å². The van der Waals surface area contributed by atoms with Crippen LogP contribution in [0.15, 0.2) is 0 Å². The molecule has 0 saturated heterocycles. The molecule has 2 fully saturated rings. The largest absolute Gasteiger partial charge is 0.393 e. The molecule has 2 aliphatic carbocycles. The quantitative estimate of drug-likeness (QED) is 0.661. The number of hydrogen-bond donors (Lipinski definition) is 3. The first-order chi connectivity index (χ1) is 8.08. The van der Waals surface area contributed by atoms with Crippen LogP contribution >= 0.6 is 0 Å². The first-order valence-electron chi connectivity index (χ1n) is 6.73. The molecule has 0 heterocycles. The second-order valence-corrected chi connectivity index (χ2v) is 5.65. The molecule has 2 aliphatic rings. The average molecular weight is 241 g/mol. The monoisotopic (exact) mass is 241 g/mol. The number of carbonyl (C=O) groups excluding carboxylic acids is 1. The van der Waals surface area contributed by atoms with Crippen molar-refractivity contribution in [3.05, 3.63) is 0 Å². The highest BCUT2D eigenvalue weighted by Gasteiger charge is 2.37. The number of hydrogen-bond acceptors (Lipinski definition) is 4. The summed E-state index contributed by atoms with van der Waals surface area (Å²) in [6, 6.07) is 0.247. The summed E-state index contributed by atoms with van der Waals surface area (Å²) in [6.45, 7) is 0. The molecule has 98 valence electrons. The SMILES string of the molecule is NC1CCC(C(=O)[C@H]2CC[C@@H](O)C[C@@H]2O)CC1. The summed E-state index contributed by atoms with van der Waals surface area (Å²) in [5.74, 6) is 0.0405. The van der Waals surface area contributed by atoms with Gasteiger partial charge in [-0.05, 0) is 44.9 Å². The molecule has 0 amide bonds. The third kappa shape index (κ3) is 3.06. The molecule has 4 N–H and O–H groups in total. The molecular weight excluding hydrogens is 218 g/mol. The van der Waals surface area contributed by atoms with Crippen LogP contribution in [-0.4, -0.2) is 34.2 Å². The fourth-order valence-corrected chi connectivity index (χ4v) is 3.16. The van der Waals surface area contributed by atoms with Gasteiger partial charge in [-0.3, -0.25) is 4.79 Å². The lowest BCUT2D eigenvalue weighted by atomic mass is 9.74. The highest BCUT2D eigenvalue weighted by atomic mass is 16.3. The molecule has 0 aromatic rings. The van der Waals surface area contributed by atoms with Crippen LogP contribution in [0.2, 0.25) is 0 Å². The molecule has 17 heavy (non-hydrogen) atoms. The van der Waals surface area contributed by atoms with Crippen molar-refractivity contribution in [2.75, 3.05) is 0 Å². The van der Waals surface area contributed by atoms with Crippen LogP contribution in [0, 0.1) is 11.8 Å². The van der Waals surface area contributed by atoms with E-state index in [4.69, 9.17) is 5.73 Å². The number of aliphatic hydroxyl groups excluding tert-OH is 2. The second kappa shape index (κ2) is 5.46. The molecule has 0 spiro atoms. The van der Waals surface area contributed by atoms with E-state index in [0.29, 0.717) is 19.3 Å². The predicted octanol–water partition coefficient (Wildman–Crippen LogP) is 0.595. The predicted molar refractivity (Wildman–Crippen MR) is 64.3 cm³/mol. The standard InChI is InChI=1S/C13H23NO3/c14-9-3-1-8(2-4-9)13(17)11-6-5-10(15)7-12(11)16/h8-12,15-16H,1-7,14H2/t8?,9?,10-,11+,12+/m1/s1. The van der Waals surface area contributed by atoms with Crippen molar-refractivity contribution in [3.63, 3.8) is 0 Å². The zero-order valence-electron chi connectivity index (χ0n) is 10.2. The van der Waals surface area contributed by atoms with Crippen LogP contribution in [0.3, 0.4) is 0 Å². The summed E-state index contributed by atoms with van der Waals surface area (Å²) in [6.07, 6.45) is 4.10. The molecule has 0 bridgehead atoms. The molecule has 0 aliphatic heterocycles. The van der Waals surface area contributed by atoms with E-state index in [1.807, 2.05) is 0 Å². The summed E-state index contributed by atoms with van der Waals surface area (Å²) in [7, 11) is 0. The number of nitrogens with two attached hydrogens (primary N) is 1. The van der Waals surface area contributed by atoms with Gasteiger partial charge in [-0.25, -0.2) is 0 Å². The van der Waals surface area contributed by atoms with E-state index >= 15 is 0 Å². The molecule has 4 nitrogen and oxygen atoms in total. The highest BCUT2D eigenvalue weighted by molar-refractivity contribution is 5.84. The zero-order valence-corrected chi connectivity index (χ0v) is 10.2. The van der Waals surface area contributed by atoms with Gasteiger partial charge in [0, 0.05) is 17.9 Å². The lowest BCUT2D eigenvalue weighted by Gasteiger charge is -2.34. The van der Waals surface area contributed by atoms with E-state index in [1.54, 1.807) is 0 Å². The van der Waals surface area contributed by atoms with Crippen LogP contribution in [-0.2, 0) is 4.79 Å². The van der Waals surface area contributed by atoms with Crippen LogP contribution in [0.1, 0.15) is 44.9 Å². The summed E-state index contributed by atoms with van der Waals surface area (Å²) < 4.78 is 0. The van der Waals surface area contributed by atoms with Crippen molar-refractivity contribution in [3.8, 4) is 0 Å². The zero-order chi connectivity index (χ0) is 12.4. The molecule has 0 radical (unpaired) electrons. The number of aliphatic hydroxyl groups is 2. The van der Waals surface area contributed by atoms with Crippen molar-refractivity contribution in [2.24, 2.45) is 17.6 Å². The number of Topliss-reactive ketones (excluding diaryl/α,β-unsaturated/α-hetero) is 1. The summed E-state index contributed by atoms with van der Waals surface area (Å²) in [4.78, 5) is 12.3. The van der Waals surface area contributed by atoms with Crippen LogP contribution in [0.5, 0.6) is 0 Å². The van der Waals surface area contributed by atoms with Gasteiger partial charge >= 0.3 is 0 Å². The van der Waals surface area contributed by atoms with Crippen LogP contribution in [0.4, 0.5) is 0 Å². The summed E-state index contributed by atoms with van der Waals surface area (Å²) in [5.41, 5.74) is 5.83. The number of ketones is 1. The van der Waals surface area contributed by atoms with Gasteiger partial charge in [0.05, 0.1) is 12.2 Å². The average Bonchev–Trinajstić information content (AvgIpc) is 2.29. The number of rotatable bonds is 2. The van der Waals surface area contributed by atoms with E-state index in [9.17, 15) is 15.0 Å². The summed E-state index contributed by atoms with van der Waals surface area (Å²) in [5, 5.41) is 19.3. The second-order valence-electron chi connectivity index (χ2n) is 5.65. The van der Waals surface area contributed by atoms with Crippen LogP contribution < -0.4 is 5.73 Å². The van der Waals surface area contributed by atoms with Gasteiger partial charge in [-0.15, -0.1) is 0 Å². The minimum Gasteiger partial charge on any atom is -0.393 e. The van der Waals surface area contributed by atoms with E-state index in [1.165, 1.54) is 0 Å². The van der Waals surface area contributed by atoms with Crippen molar-refractivity contribution < 1.29 is 15.0 Å². The van der Waals surface area contributed by atoms with Crippen molar-refractivity contribution in [2.45, 2.75) is 63.2 Å². The molecule has 0 aromatic heterocycles. The first kappa shape index (κ1) is 13.0. The maximum Gasteiger partial charge on any atom is 0.141 e. The van der Waals surface area contributed by atoms with Gasteiger partial charge in [0.15, 0.2) is 0 Å². The van der Waals surface area contributed by atoms with Gasteiger partial charge < -0.3 is 15.9 Å². The minimum atomic E-state index is -0.651. The topological polar surface area (TPSA) is 83.6 Å². The molecular formula is C13H23NO3. The third-order valence-corrected chi connectivity index (χ3v) is 4.33. The normalized spacial score (nSPS) is 43.4. The lowest BCUT2D eigenvalue weighted by Crippen LogP contribution is -2.41. The Balaban J connectivity index is 1.91. The van der Waals surface area contributed by atoms with E-state index in [2.05, 4.69) is 0 Å². The van der Waals surface area contributed by atoms with Crippen molar-refractivity contribution in [1.82, 2.24) is 0 Å². The molecule has 2 rings (SSSR count). The Morgan fingerprint density at radius 2 is 1.65 bits per heavy atom. The molecule has 3 atom stereocenters. The smallest absolute Gasteiger partial charge is 0.141 e. The lowest BCUT2D eigenvalue weighted by molar-refractivity contribution is -0.134. The Labute approximate surface area is 102 Å². The minimum absolute atomic E-state index is 0.0877. The molecule has 2 saturated carbocycles. The van der Waals surface area contributed by atoms with Gasteiger partial charge in [-0.1, -0.05) is 0 Å². The van der Waals surface area contributed by atoms with E-state index < -0.39 is 12.2 Å². The van der Waals surface area contributed by atoms with E-state index in [-0.39, 0.29) is 23.7 Å². The van der Waals surface area contributed by atoms with Gasteiger partial charge in [0.25, 0.3) is 0 Å². The highest BCUT2D eigenvalue weighted by Crippen LogP contribution is 2.32. The summed E-state index contributed by atoms with van der Waals surface area (Å²) >= 11 is 0. The van der Waals surface area contributed by atoms with Gasteiger partial charge in [0.2, 0.25) is 0 Å². The Morgan fingerprint density at radius 3 is 2.24 bits per heavy atom. The fraction of sp³-hybridized carbons (Fsp3) is 0.923. The maximum atomic E-state index is 12.3.